The van der Waals surface area contributed by atoms with E-state index in [9.17, 15) is 13.6 Å². The molecular weight excluding hydrogens is 312 g/mol. The lowest BCUT2D eigenvalue weighted by Crippen LogP contribution is -2.33. The fourth-order valence-electron chi connectivity index (χ4n) is 3.39. The van der Waals surface area contributed by atoms with Gasteiger partial charge in [0.25, 0.3) is 6.43 Å². The van der Waals surface area contributed by atoms with E-state index >= 15 is 0 Å². The van der Waals surface area contributed by atoms with Crippen LogP contribution in [0.3, 0.4) is 0 Å². The summed E-state index contributed by atoms with van der Waals surface area (Å²) in [6.45, 7) is 4.33. The second-order valence-electron chi connectivity index (χ2n) is 6.30. The number of aromatic nitrogens is 2. The van der Waals surface area contributed by atoms with Gasteiger partial charge in [-0.25, -0.2) is 8.78 Å². The molecule has 1 atom stereocenters. The highest BCUT2D eigenvalue weighted by Gasteiger charge is 2.25. The maximum Gasteiger partial charge on any atom is 0.263 e. The van der Waals surface area contributed by atoms with Crippen molar-refractivity contribution < 1.29 is 13.6 Å². The predicted molar refractivity (Wildman–Crippen MR) is 86.9 cm³/mol. The molecule has 3 rings (SSSR count). The number of carbonyl (C=O) groups excluding carboxylic acids is 1. The maximum atomic E-state index is 12.9. The van der Waals surface area contributed by atoms with Gasteiger partial charge in [0.15, 0.2) is 0 Å². The number of halogens is 2. The standard InChI is InChI=1S/C18H21F2N3O/c1-11-17(15-7-4-8-16(24)21-15)12(2)23(22-11)10-13-5-3-6-14(9-13)18(19)20/h3,5-6,9,15,18H,4,7-8,10H2,1-2H3,(H,21,24). The Morgan fingerprint density at radius 2 is 2.17 bits per heavy atom. The summed E-state index contributed by atoms with van der Waals surface area (Å²) in [5.41, 5.74) is 3.71. The SMILES string of the molecule is Cc1nn(Cc2cccc(C(F)F)c2)c(C)c1C1CCCC(=O)N1. The number of nitrogens with one attached hydrogen (secondary N) is 1. The van der Waals surface area contributed by atoms with Gasteiger partial charge in [0.2, 0.25) is 5.91 Å². The van der Waals surface area contributed by atoms with Crippen molar-refractivity contribution in [3.8, 4) is 0 Å². The Bertz CT molecular complexity index is 755. The summed E-state index contributed by atoms with van der Waals surface area (Å²) in [6, 6.07) is 6.41. The van der Waals surface area contributed by atoms with E-state index in [-0.39, 0.29) is 17.5 Å². The normalized spacial score (nSPS) is 18.0. The molecule has 1 aliphatic rings. The summed E-state index contributed by atoms with van der Waals surface area (Å²) in [5, 5.41) is 7.58. The Kier molecular flexibility index (Phi) is 4.64. The zero-order valence-electron chi connectivity index (χ0n) is 13.9. The minimum atomic E-state index is -2.47. The van der Waals surface area contributed by atoms with Crippen LogP contribution in [0.1, 0.15) is 59.8 Å². The minimum Gasteiger partial charge on any atom is -0.349 e. The van der Waals surface area contributed by atoms with Crippen LogP contribution in [-0.4, -0.2) is 15.7 Å². The molecule has 0 saturated carbocycles. The number of rotatable bonds is 4. The largest absolute Gasteiger partial charge is 0.349 e. The molecule has 2 aromatic rings. The molecule has 1 unspecified atom stereocenters. The number of nitrogens with zero attached hydrogens (tertiary/aromatic N) is 2. The number of benzene rings is 1. The van der Waals surface area contributed by atoms with Crippen molar-refractivity contribution in [1.82, 2.24) is 15.1 Å². The van der Waals surface area contributed by atoms with Gasteiger partial charge in [-0.2, -0.15) is 5.10 Å². The van der Waals surface area contributed by atoms with Crippen LogP contribution in [0, 0.1) is 13.8 Å². The minimum absolute atomic E-state index is 0.00704. The van der Waals surface area contributed by atoms with Gasteiger partial charge >= 0.3 is 0 Å². The first kappa shape index (κ1) is 16.6. The zero-order valence-corrected chi connectivity index (χ0v) is 13.9. The fraction of sp³-hybridized carbons (Fsp3) is 0.444. The van der Waals surface area contributed by atoms with Gasteiger partial charge in [-0.3, -0.25) is 9.48 Å². The van der Waals surface area contributed by atoms with E-state index in [1.54, 1.807) is 6.07 Å². The lowest BCUT2D eigenvalue weighted by molar-refractivity contribution is -0.123. The van der Waals surface area contributed by atoms with Crippen LogP contribution in [0.2, 0.25) is 0 Å². The van der Waals surface area contributed by atoms with Crippen molar-refractivity contribution in [3.63, 3.8) is 0 Å². The Balaban J connectivity index is 1.86. The Morgan fingerprint density at radius 1 is 1.38 bits per heavy atom. The number of hydrogen-bond acceptors (Lipinski definition) is 2. The van der Waals surface area contributed by atoms with E-state index < -0.39 is 6.43 Å². The molecule has 4 nitrogen and oxygen atoms in total. The zero-order chi connectivity index (χ0) is 17.3. The molecule has 1 saturated heterocycles. The van der Waals surface area contributed by atoms with Crippen molar-refractivity contribution in [2.24, 2.45) is 0 Å². The molecule has 2 heterocycles. The molecule has 1 fully saturated rings. The second kappa shape index (κ2) is 6.71. The van der Waals surface area contributed by atoms with Crippen LogP contribution in [-0.2, 0) is 11.3 Å². The van der Waals surface area contributed by atoms with Crippen LogP contribution in [0.4, 0.5) is 8.78 Å². The molecule has 128 valence electrons. The third-order valence-electron chi connectivity index (χ3n) is 4.55. The average molecular weight is 333 g/mol. The number of carbonyl (C=O) groups is 1. The molecule has 0 aliphatic carbocycles. The van der Waals surface area contributed by atoms with Gasteiger partial charge in [0.1, 0.15) is 0 Å². The van der Waals surface area contributed by atoms with Crippen molar-refractivity contribution in [1.29, 1.82) is 0 Å². The number of piperidine rings is 1. The van der Waals surface area contributed by atoms with Crippen molar-refractivity contribution in [2.45, 2.75) is 52.1 Å². The van der Waals surface area contributed by atoms with Gasteiger partial charge in [0, 0.05) is 23.2 Å². The van der Waals surface area contributed by atoms with E-state index in [1.165, 1.54) is 12.1 Å². The van der Waals surface area contributed by atoms with E-state index in [0.717, 1.165) is 35.4 Å². The molecule has 0 bridgehead atoms. The summed E-state index contributed by atoms with van der Waals surface area (Å²) in [5.74, 6) is 0.0717. The molecule has 0 radical (unpaired) electrons. The van der Waals surface area contributed by atoms with Gasteiger partial charge in [-0.1, -0.05) is 18.2 Å². The van der Waals surface area contributed by atoms with Crippen LogP contribution in [0.15, 0.2) is 24.3 Å². The molecule has 1 aliphatic heterocycles. The second-order valence-corrected chi connectivity index (χ2v) is 6.30. The number of alkyl halides is 2. The van der Waals surface area contributed by atoms with E-state index in [2.05, 4.69) is 10.4 Å². The first-order valence-corrected chi connectivity index (χ1v) is 8.16. The lowest BCUT2D eigenvalue weighted by atomic mass is 9.96. The molecule has 1 amide bonds. The fourth-order valence-corrected chi connectivity index (χ4v) is 3.39. The summed E-state index contributed by atoms with van der Waals surface area (Å²) in [6.07, 6.45) is -0.126. The summed E-state index contributed by atoms with van der Waals surface area (Å²) in [7, 11) is 0. The molecule has 1 N–H and O–H groups in total. The Morgan fingerprint density at radius 3 is 2.88 bits per heavy atom. The van der Waals surface area contributed by atoms with Gasteiger partial charge in [-0.15, -0.1) is 0 Å². The first-order chi connectivity index (χ1) is 11.5. The summed E-state index contributed by atoms with van der Waals surface area (Å²) < 4.78 is 27.5. The topological polar surface area (TPSA) is 46.9 Å². The Labute approximate surface area is 139 Å². The summed E-state index contributed by atoms with van der Waals surface area (Å²) >= 11 is 0. The average Bonchev–Trinajstić information content (AvgIpc) is 2.81. The quantitative estimate of drug-likeness (QED) is 0.924. The molecule has 24 heavy (non-hydrogen) atoms. The van der Waals surface area contributed by atoms with Crippen molar-refractivity contribution in [2.75, 3.05) is 0 Å². The highest BCUT2D eigenvalue weighted by atomic mass is 19.3. The van der Waals surface area contributed by atoms with E-state index in [0.29, 0.717) is 13.0 Å². The molecule has 1 aromatic heterocycles. The Hall–Kier alpha value is -2.24. The molecule has 1 aromatic carbocycles. The van der Waals surface area contributed by atoms with Crippen LogP contribution < -0.4 is 5.32 Å². The van der Waals surface area contributed by atoms with Crippen LogP contribution in [0.5, 0.6) is 0 Å². The lowest BCUT2D eigenvalue weighted by Gasteiger charge is -2.23. The summed E-state index contributed by atoms with van der Waals surface area (Å²) in [4.78, 5) is 11.7. The number of hydrogen-bond donors (Lipinski definition) is 1. The monoisotopic (exact) mass is 333 g/mol. The first-order valence-electron chi connectivity index (χ1n) is 8.16. The maximum absolute atomic E-state index is 12.9. The molecule has 0 spiro atoms. The van der Waals surface area contributed by atoms with Gasteiger partial charge in [-0.05, 0) is 38.3 Å². The predicted octanol–water partition coefficient (Wildman–Crippen LogP) is 3.83. The highest BCUT2D eigenvalue weighted by Crippen LogP contribution is 2.29. The number of aryl methyl sites for hydroxylation is 1. The van der Waals surface area contributed by atoms with Crippen molar-refractivity contribution in [3.05, 3.63) is 52.3 Å². The van der Waals surface area contributed by atoms with E-state index in [4.69, 9.17) is 0 Å². The number of amides is 1. The van der Waals surface area contributed by atoms with Crippen LogP contribution >= 0.6 is 0 Å². The highest BCUT2D eigenvalue weighted by molar-refractivity contribution is 5.77. The van der Waals surface area contributed by atoms with Gasteiger partial charge in [0.05, 0.1) is 18.3 Å². The van der Waals surface area contributed by atoms with Crippen molar-refractivity contribution >= 4 is 5.91 Å². The smallest absolute Gasteiger partial charge is 0.263 e. The van der Waals surface area contributed by atoms with E-state index in [1.807, 2.05) is 24.6 Å². The van der Waals surface area contributed by atoms with Crippen LogP contribution in [0.25, 0.3) is 0 Å². The van der Waals surface area contributed by atoms with Gasteiger partial charge < -0.3 is 5.32 Å². The third kappa shape index (κ3) is 3.32. The molecular formula is C18H21F2N3O. The third-order valence-corrected chi connectivity index (χ3v) is 4.55. The molecule has 6 heteroatoms.